The van der Waals surface area contributed by atoms with Gasteiger partial charge in [0.25, 0.3) is 21.8 Å². The maximum atomic E-state index is 12.6. The number of nitrogens with one attached hydrogen (secondary N) is 3. The standard InChI is InChI=1S/C23H25N3O5S2/c1-4-20-15(3)14-21(32-20)23(28)25-24-22(27)16-6-8-17(9-7-16)26-33(29,30)19-12-10-18(11-13-19)31-5-2/h6-14,26H,4-5H2,1-3H3,(H,24,27)(H,25,28). The lowest BCUT2D eigenvalue weighted by molar-refractivity contribution is 0.0849. The summed E-state index contributed by atoms with van der Waals surface area (Å²) in [5, 5.41) is 0. The van der Waals surface area contributed by atoms with E-state index in [4.69, 9.17) is 4.74 Å². The van der Waals surface area contributed by atoms with E-state index < -0.39 is 21.8 Å². The van der Waals surface area contributed by atoms with Crippen LogP contribution in [-0.4, -0.2) is 26.8 Å². The van der Waals surface area contributed by atoms with Gasteiger partial charge in [-0.25, -0.2) is 8.42 Å². The molecule has 10 heteroatoms. The quantitative estimate of drug-likeness (QED) is 0.417. The molecular weight excluding hydrogens is 462 g/mol. The Hall–Kier alpha value is -3.37. The zero-order valence-electron chi connectivity index (χ0n) is 18.5. The first-order valence-electron chi connectivity index (χ1n) is 10.3. The number of hydrogen-bond acceptors (Lipinski definition) is 6. The van der Waals surface area contributed by atoms with Crippen LogP contribution in [0.2, 0.25) is 0 Å². The molecule has 1 aromatic heterocycles. The van der Waals surface area contributed by atoms with E-state index in [1.807, 2.05) is 20.8 Å². The predicted octanol–water partition coefficient (Wildman–Crippen LogP) is 3.89. The lowest BCUT2D eigenvalue weighted by atomic mass is 10.2. The first kappa shape index (κ1) is 24.3. The molecular formula is C23H25N3O5S2. The van der Waals surface area contributed by atoms with E-state index in [-0.39, 0.29) is 10.5 Å². The summed E-state index contributed by atoms with van der Waals surface area (Å²) >= 11 is 1.39. The minimum Gasteiger partial charge on any atom is -0.494 e. The van der Waals surface area contributed by atoms with Crippen molar-refractivity contribution in [2.75, 3.05) is 11.3 Å². The molecule has 0 saturated heterocycles. The average Bonchev–Trinajstić information content (AvgIpc) is 3.19. The maximum absolute atomic E-state index is 12.6. The van der Waals surface area contributed by atoms with E-state index in [1.165, 1.54) is 47.7 Å². The molecule has 0 aliphatic heterocycles. The smallest absolute Gasteiger partial charge is 0.279 e. The van der Waals surface area contributed by atoms with Crippen LogP contribution in [0.25, 0.3) is 0 Å². The summed E-state index contributed by atoms with van der Waals surface area (Å²) in [6, 6.07) is 13.7. The van der Waals surface area contributed by atoms with Crippen LogP contribution >= 0.6 is 11.3 Å². The van der Waals surface area contributed by atoms with E-state index in [0.29, 0.717) is 22.9 Å². The lowest BCUT2D eigenvalue weighted by Gasteiger charge is -2.10. The molecule has 3 N–H and O–H groups in total. The number of aryl methyl sites for hydroxylation is 2. The van der Waals surface area contributed by atoms with Crippen molar-refractivity contribution in [3.05, 3.63) is 75.5 Å². The fraction of sp³-hybridized carbons (Fsp3) is 0.217. The number of hydrazine groups is 1. The Morgan fingerprint density at radius 1 is 0.939 bits per heavy atom. The average molecular weight is 488 g/mol. The van der Waals surface area contributed by atoms with Crippen LogP contribution in [0.15, 0.2) is 59.5 Å². The normalized spacial score (nSPS) is 11.0. The molecule has 0 unspecified atom stereocenters. The molecule has 3 rings (SSSR count). The van der Waals surface area contributed by atoms with Gasteiger partial charge < -0.3 is 4.74 Å². The van der Waals surface area contributed by atoms with Crippen molar-refractivity contribution in [1.82, 2.24) is 10.9 Å². The van der Waals surface area contributed by atoms with Crippen LogP contribution in [0.3, 0.4) is 0 Å². The van der Waals surface area contributed by atoms with Crippen LogP contribution in [0.5, 0.6) is 5.75 Å². The fourth-order valence-corrected chi connectivity index (χ4v) is 5.08. The number of carbonyl (C=O) groups is 2. The number of sulfonamides is 1. The molecule has 0 fully saturated rings. The largest absolute Gasteiger partial charge is 0.494 e. The Kier molecular flexibility index (Phi) is 7.72. The summed E-state index contributed by atoms with van der Waals surface area (Å²) in [6.45, 7) is 6.29. The summed E-state index contributed by atoms with van der Waals surface area (Å²) in [7, 11) is -3.80. The molecule has 0 bridgehead atoms. The number of benzene rings is 2. The minimum atomic E-state index is -3.80. The topological polar surface area (TPSA) is 114 Å². The summed E-state index contributed by atoms with van der Waals surface area (Å²) in [5.41, 5.74) is 6.37. The van der Waals surface area contributed by atoms with Crippen molar-refractivity contribution in [2.24, 2.45) is 0 Å². The van der Waals surface area contributed by atoms with E-state index >= 15 is 0 Å². The number of amides is 2. The highest BCUT2D eigenvalue weighted by molar-refractivity contribution is 7.92. The molecule has 2 aromatic carbocycles. The highest BCUT2D eigenvalue weighted by Gasteiger charge is 2.16. The molecule has 2 amide bonds. The third-order valence-corrected chi connectivity index (χ3v) is 7.48. The van der Waals surface area contributed by atoms with Crippen LogP contribution in [0, 0.1) is 6.92 Å². The minimum absolute atomic E-state index is 0.0885. The summed E-state index contributed by atoms with van der Waals surface area (Å²) < 4.78 is 32.9. The van der Waals surface area contributed by atoms with Gasteiger partial charge in [0.05, 0.1) is 16.4 Å². The van der Waals surface area contributed by atoms with Gasteiger partial charge in [0.2, 0.25) is 0 Å². The maximum Gasteiger partial charge on any atom is 0.279 e. The van der Waals surface area contributed by atoms with Gasteiger partial charge in [-0.05, 0) is 80.4 Å². The van der Waals surface area contributed by atoms with Gasteiger partial charge in [0, 0.05) is 16.1 Å². The highest BCUT2D eigenvalue weighted by Crippen LogP contribution is 2.22. The van der Waals surface area contributed by atoms with Gasteiger partial charge in [-0.3, -0.25) is 25.2 Å². The Labute approximate surface area is 197 Å². The summed E-state index contributed by atoms with van der Waals surface area (Å²) in [4.78, 5) is 26.3. The molecule has 0 aliphatic carbocycles. The number of ether oxygens (including phenoxy) is 1. The third kappa shape index (κ3) is 6.11. The lowest BCUT2D eigenvalue weighted by Crippen LogP contribution is -2.41. The van der Waals surface area contributed by atoms with Crippen molar-refractivity contribution in [2.45, 2.75) is 32.1 Å². The van der Waals surface area contributed by atoms with E-state index in [1.54, 1.807) is 18.2 Å². The van der Waals surface area contributed by atoms with E-state index in [2.05, 4.69) is 15.6 Å². The van der Waals surface area contributed by atoms with Crippen molar-refractivity contribution in [3.63, 3.8) is 0 Å². The third-order valence-electron chi connectivity index (χ3n) is 4.70. The van der Waals surface area contributed by atoms with Gasteiger partial charge in [0.1, 0.15) is 5.75 Å². The molecule has 0 radical (unpaired) electrons. The number of anilines is 1. The van der Waals surface area contributed by atoms with Crippen molar-refractivity contribution >= 4 is 38.9 Å². The van der Waals surface area contributed by atoms with Gasteiger partial charge in [-0.15, -0.1) is 11.3 Å². The number of hydrogen-bond donors (Lipinski definition) is 3. The second kappa shape index (κ2) is 10.5. The highest BCUT2D eigenvalue weighted by atomic mass is 32.2. The zero-order valence-corrected chi connectivity index (χ0v) is 20.1. The first-order chi connectivity index (χ1) is 15.7. The molecule has 1 heterocycles. The Morgan fingerprint density at radius 2 is 1.58 bits per heavy atom. The molecule has 174 valence electrons. The van der Waals surface area contributed by atoms with Gasteiger partial charge >= 0.3 is 0 Å². The zero-order chi connectivity index (χ0) is 24.0. The number of thiophene rings is 1. The van der Waals surface area contributed by atoms with E-state index in [9.17, 15) is 18.0 Å². The van der Waals surface area contributed by atoms with Crippen LogP contribution < -0.4 is 20.3 Å². The van der Waals surface area contributed by atoms with Gasteiger partial charge in [0.15, 0.2) is 0 Å². The molecule has 33 heavy (non-hydrogen) atoms. The number of carbonyl (C=O) groups excluding carboxylic acids is 2. The number of rotatable bonds is 8. The predicted molar refractivity (Wildman–Crippen MR) is 128 cm³/mol. The van der Waals surface area contributed by atoms with Crippen LogP contribution in [0.4, 0.5) is 5.69 Å². The second-order valence-corrected chi connectivity index (χ2v) is 9.89. The Bertz CT molecular complexity index is 1230. The summed E-state index contributed by atoms with van der Waals surface area (Å²) in [6.07, 6.45) is 0.838. The molecule has 8 nitrogen and oxygen atoms in total. The van der Waals surface area contributed by atoms with Crippen molar-refractivity contribution in [1.29, 1.82) is 0 Å². The SMILES string of the molecule is CCOc1ccc(S(=O)(=O)Nc2ccc(C(=O)NNC(=O)c3cc(C)c(CC)s3)cc2)cc1. The van der Waals surface area contributed by atoms with E-state index in [0.717, 1.165) is 16.9 Å². The second-order valence-electron chi connectivity index (χ2n) is 7.07. The molecule has 0 spiro atoms. The first-order valence-corrected chi connectivity index (χ1v) is 12.6. The van der Waals surface area contributed by atoms with Gasteiger partial charge in [-0.2, -0.15) is 0 Å². The molecule has 0 saturated carbocycles. The molecule has 0 atom stereocenters. The molecule has 3 aromatic rings. The van der Waals surface area contributed by atoms with Crippen molar-refractivity contribution < 1.29 is 22.7 Å². The van der Waals surface area contributed by atoms with Crippen LogP contribution in [0.1, 0.15) is 44.3 Å². The van der Waals surface area contributed by atoms with Gasteiger partial charge in [-0.1, -0.05) is 6.92 Å². The fourth-order valence-electron chi connectivity index (χ4n) is 3.02. The van der Waals surface area contributed by atoms with Crippen LogP contribution in [-0.2, 0) is 16.4 Å². The Morgan fingerprint density at radius 3 is 2.15 bits per heavy atom. The molecule has 0 aliphatic rings. The van der Waals surface area contributed by atoms with Crippen molar-refractivity contribution in [3.8, 4) is 5.75 Å². The monoisotopic (exact) mass is 487 g/mol. The Balaban J connectivity index is 1.59. The summed E-state index contributed by atoms with van der Waals surface area (Å²) in [5.74, 6) is -0.330.